The van der Waals surface area contributed by atoms with Gasteiger partial charge >= 0.3 is 0 Å². The van der Waals surface area contributed by atoms with Crippen molar-refractivity contribution in [2.75, 3.05) is 24.6 Å². The number of carbonyl (C=O) groups excluding carboxylic acids is 1. The van der Waals surface area contributed by atoms with Crippen LogP contribution in [0.5, 0.6) is 11.5 Å². The van der Waals surface area contributed by atoms with Gasteiger partial charge in [-0.3, -0.25) is 9.10 Å². The van der Waals surface area contributed by atoms with Crippen LogP contribution in [0.4, 0.5) is 5.69 Å². The predicted molar refractivity (Wildman–Crippen MR) is 122 cm³/mol. The van der Waals surface area contributed by atoms with Crippen molar-refractivity contribution < 1.29 is 22.7 Å². The topological polar surface area (TPSA) is 84.9 Å². The molecule has 1 atom stereocenters. The van der Waals surface area contributed by atoms with Crippen molar-refractivity contribution in [3.63, 3.8) is 0 Å². The summed E-state index contributed by atoms with van der Waals surface area (Å²) in [5, 5.41) is 2.95. The number of benzene rings is 3. The molecule has 0 bridgehead atoms. The molecule has 3 aromatic rings. The minimum Gasteiger partial charge on any atom is -0.486 e. The van der Waals surface area contributed by atoms with E-state index in [9.17, 15) is 13.2 Å². The van der Waals surface area contributed by atoms with Gasteiger partial charge in [-0.1, -0.05) is 30.3 Å². The summed E-state index contributed by atoms with van der Waals surface area (Å²) in [6.07, 6.45) is 0. The van der Waals surface area contributed by atoms with E-state index in [1.54, 1.807) is 42.5 Å². The maximum atomic E-state index is 12.9. The molecule has 1 unspecified atom stereocenters. The zero-order valence-electron chi connectivity index (χ0n) is 17.8. The van der Waals surface area contributed by atoms with Crippen LogP contribution >= 0.6 is 0 Å². The monoisotopic (exact) mass is 452 g/mol. The van der Waals surface area contributed by atoms with Crippen molar-refractivity contribution in [3.8, 4) is 11.5 Å². The Morgan fingerprint density at radius 1 is 0.938 bits per heavy atom. The number of rotatable bonds is 6. The smallest absolute Gasteiger partial charge is 0.264 e. The third kappa shape index (κ3) is 4.40. The molecule has 8 heteroatoms. The van der Waals surface area contributed by atoms with Gasteiger partial charge in [0.25, 0.3) is 15.9 Å². The summed E-state index contributed by atoms with van der Waals surface area (Å²) in [5.41, 5.74) is 1.64. The molecule has 1 N–H and O–H groups in total. The highest BCUT2D eigenvalue weighted by molar-refractivity contribution is 7.92. The van der Waals surface area contributed by atoms with E-state index in [-0.39, 0.29) is 16.8 Å². The summed E-state index contributed by atoms with van der Waals surface area (Å²) in [7, 11) is -2.26. The fourth-order valence-corrected chi connectivity index (χ4v) is 4.63. The van der Waals surface area contributed by atoms with Crippen LogP contribution in [0, 0.1) is 0 Å². The molecule has 0 saturated carbocycles. The zero-order chi connectivity index (χ0) is 22.7. The number of anilines is 1. The first kappa shape index (κ1) is 21.7. The first-order chi connectivity index (χ1) is 15.4. The Morgan fingerprint density at radius 3 is 2.41 bits per heavy atom. The first-order valence-corrected chi connectivity index (χ1v) is 11.6. The number of nitrogens with zero attached hydrogens (tertiary/aromatic N) is 1. The summed E-state index contributed by atoms with van der Waals surface area (Å²) >= 11 is 0. The van der Waals surface area contributed by atoms with Crippen LogP contribution in [0.3, 0.4) is 0 Å². The van der Waals surface area contributed by atoms with E-state index >= 15 is 0 Å². The van der Waals surface area contributed by atoms with Gasteiger partial charge in [0.1, 0.15) is 13.2 Å². The highest BCUT2D eigenvalue weighted by Gasteiger charge is 2.22. The fourth-order valence-electron chi connectivity index (χ4n) is 3.42. The van der Waals surface area contributed by atoms with E-state index in [0.29, 0.717) is 36.0 Å². The molecule has 3 aromatic carbocycles. The second-order valence-corrected chi connectivity index (χ2v) is 9.40. The normalized spacial score (nSPS) is 13.8. The molecule has 0 saturated heterocycles. The van der Waals surface area contributed by atoms with Crippen molar-refractivity contribution >= 4 is 21.6 Å². The van der Waals surface area contributed by atoms with Crippen LogP contribution < -0.4 is 19.1 Å². The van der Waals surface area contributed by atoms with E-state index in [1.807, 2.05) is 25.1 Å². The molecule has 4 rings (SSSR count). The zero-order valence-corrected chi connectivity index (χ0v) is 18.6. The highest BCUT2D eigenvalue weighted by Crippen LogP contribution is 2.32. The van der Waals surface area contributed by atoms with Crippen molar-refractivity contribution in [2.45, 2.75) is 17.9 Å². The van der Waals surface area contributed by atoms with Crippen LogP contribution in [0.25, 0.3) is 0 Å². The predicted octanol–water partition coefficient (Wildman–Crippen LogP) is 3.77. The molecular weight excluding hydrogens is 428 g/mol. The standard InChI is InChI=1S/C24H24N2O5S/c1-17(18-11-12-22-23(16-18)31-14-13-30-22)25-24(27)19-7-6-8-20(15-19)26(2)32(28,29)21-9-4-3-5-10-21/h3-12,15-17H,13-14H2,1-2H3,(H,25,27). The van der Waals surface area contributed by atoms with Crippen LogP contribution in [0.2, 0.25) is 0 Å². The van der Waals surface area contributed by atoms with Crippen LogP contribution in [0.15, 0.2) is 77.7 Å². The SMILES string of the molecule is CC(NC(=O)c1cccc(N(C)S(=O)(=O)c2ccccc2)c1)c1ccc2c(c1)OCCO2. The summed E-state index contributed by atoms with van der Waals surface area (Å²) in [5.74, 6) is 1.04. The van der Waals surface area contributed by atoms with Gasteiger partial charge in [-0.2, -0.15) is 0 Å². The van der Waals surface area contributed by atoms with Gasteiger partial charge in [0.2, 0.25) is 0 Å². The van der Waals surface area contributed by atoms with Gasteiger partial charge in [-0.05, 0) is 55.0 Å². The van der Waals surface area contributed by atoms with Crippen LogP contribution in [0.1, 0.15) is 28.9 Å². The van der Waals surface area contributed by atoms with Crippen molar-refractivity contribution in [3.05, 3.63) is 83.9 Å². The summed E-state index contributed by atoms with van der Waals surface area (Å²) in [6.45, 7) is 2.88. The first-order valence-electron chi connectivity index (χ1n) is 10.2. The second-order valence-electron chi connectivity index (χ2n) is 7.43. The summed E-state index contributed by atoms with van der Waals surface area (Å²) < 4.78 is 38.1. The Balaban J connectivity index is 1.51. The number of amides is 1. The molecule has 32 heavy (non-hydrogen) atoms. The van der Waals surface area contributed by atoms with Gasteiger partial charge in [-0.25, -0.2) is 8.42 Å². The van der Waals surface area contributed by atoms with Gasteiger partial charge in [0.05, 0.1) is 16.6 Å². The van der Waals surface area contributed by atoms with E-state index in [0.717, 1.165) is 5.56 Å². The van der Waals surface area contributed by atoms with Crippen LogP contribution in [-0.4, -0.2) is 34.6 Å². The largest absolute Gasteiger partial charge is 0.486 e. The minimum atomic E-state index is -3.73. The molecule has 0 aliphatic carbocycles. The number of fused-ring (bicyclic) bond motifs is 1. The third-order valence-corrected chi connectivity index (χ3v) is 7.09. The number of ether oxygens (including phenoxy) is 2. The Kier molecular flexibility index (Phi) is 6.05. The molecule has 0 fully saturated rings. The van der Waals surface area contributed by atoms with Crippen molar-refractivity contribution in [1.82, 2.24) is 5.32 Å². The maximum Gasteiger partial charge on any atom is 0.264 e. The molecule has 1 heterocycles. The van der Waals surface area contributed by atoms with Gasteiger partial charge in [0.15, 0.2) is 11.5 Å². The molecule has 1 aliphatic heterocycles. The molecular formula is C24H24N2O5S. The van der Waals surface area contributed by atoms with Crippen molar-refractivity contribution in [1.29, 1.82) is 0 Å². The second kappa shape index (κ2) is 8.92. The average Bonchev–Trinajstić information content (AvgIpc) is 2.83. The van der Waals surface area contributed by atoms with Gasteiger partial charge in [-0.15, -0.1) is 0 Å². The van der Waals surface area contributed by atoms with E-state index in [1.165, 1.54) is 23.5 Å². The quantitative estimate of drug-likeness (QED) is 0.615. The summed E-state index contributed by atoms with van der Waals surface area (Å²) in [4.78, 5) is 13.1. The molecule has 7 nitrogen and oxygen atoms in total. The Labute approximate surface area is 187 Å². The molecule has 0 aromatic heterocycles. The van der Waals surface area contributed by atoms with E-state index in [4.69, 9.17) is 9.47 Å². The number of sulfonamides is 1. The maximum absolute atomic E-state index is 12.9. The Morgan fingerprint density at radius 2 is 1.66 bits per heavy atom. The number of hydrogen-bond acceptors (Lipinski definition) is 5. The summed E-state index contributed by atoms with van der Waals surface area (Å²) in [6, 6.07) is 20.0. The Hall–Kier alpha value is -3.52. The lowest BCUT2D eigenvalue weighted by molar-refractivity contribution is 0.0939. The number of hydrogen-bond donors (Lipinski definition) is 1. The number of nitrogens with one attached hydrogen (secondary N) is 1. The Bertz CT molecular complexity index is 1230. The lowest BCUT2D eigenvalue weighted by Gasteiger charge is -2.22. The van der Waals surface area contributed by atoms with Crippen molar-refractivity contribution in [2.24, 2.45) is 0 Å². The molecule has 1 aliphatic rings. The lowest BCUT2D eigenvalue weighted by Crippen LogP contribution is -2.28. The van der Waals surface area contributed by atoms with Gasteiger partial charge < -0.3 is 14.8 Å². The minimum absolute atomic E-state index is 0.185. The third-order valence-electron chi connectivity index (χ3n) is 5.29. The molecule has 1 amide bonds. The van der Waals surface area contributed by atoms with Crippen LogP contribution in [-0.2, 0) is 10.0 Å². The molecule has 0 radical (unpaired) electrons. The highest BCUT2D eigenvalue weighted by atomic mass is 32.2. The average molecular weight is 453 g/mol. The fraction of sp³-hybridized carbons (Fsp3) is 0.208. The van der Waals surface area contributed by atoms with E-state index < -0.39 is 10.0 Å². The van der Waals surface area contributed by atoms with Gasteiger partial charge in [0, 0.05) is 12.6 Å². The molecule has 0 spiro atoms. The lowest BCUT2D eigenvalue weighted by atomic mass is 10.1. The molecule has 166 valence electrons. The number of carbonyl (C=O) groups is 1. The van der Waals surface area contributed by atoms with E-state index in [2.05, 4.69) is 5.32 Å².